The zero-order valence-electron chi connectivity index (χ0n) is 7.94. The standard InChI is InChI=1S/C9H10N2O4/c1-3-2-4(8(10)14)6(12)7(13)5(3)9(11)15/h2,12-13H,1H3,(H2,10,14)(H2,11,15). The van der Waals surface area contributed by atoms with Crippen molar-refractivity contribution in [2.45, 2.75) is 6.92 Å². The van der Waals surface area contributed by atoms with Crippen LogP contribution in [0, 0.1) is 6.92 Å². The van der Waals surface area contributed by atoms with Crippen LogP contribution in [0.4, 0.5) is 0 Å². The minimum atomic E-state index is -0.901. The normalized spacial score (nSPS) is 9.93. The Morgan fingerprint density at radius 2 is 1.67 bits per heavy atom. The molecule has 0 aliphatic heterocycles. The summed E-state index contributed by atoms with van der Waals surface area (Å²) in [6, 6.07) is 1.19. The van der Waals surface area contributed by atoms with E-state index in [1.807, 2.05) is 0 Å². The lowest BCUT2D eigenvalue weighted by Crippen LogP contribution is -2.16. The van der Waals surface area contributed by atoms with Gasteiger partial charge in [0, 0.05) is 0 Å². The van der Waals surface area contributed by atoms with Crippen molar-refractivity contribution in [2.75, 3.05) is 0 Å². The molecule has 0 radical (unpaired) electrons. The molecule has 0 atom stereocenters. The average molecular weight is 210 g/mol. The third-order valence-corrected chi connectivity index (χ3v) is 1.98. The Balaban J connectivity index is 3.58. The molecular weight excluding hydrogens is 200 g/mol. The number of amides is 2. The number of benzene rings is 1. The molecule has 0 saturated heterocycles. The number of rotatable bonds is 2. The van der Waals surface area contributed by atoms with Gasteiger partial charge in [-0.3, -0.25) is 9.59 Å². The molecule has 0 aliphatic carbocycles. The lowest BCUT2D eigenvalue weighted by Gasteiger charge is -2.09. The van der Waals surface area contributed by atoms with E-state index in [-0.39, 0.29) is 16.7 Å². The number of nitrogens with two attached hydrogens (primary N) is 2. The van der Waals surface area contributed by atoms with Gasteiger partial charge >= 0.3 is 0 Å². The molecule has 15 heavy (non-hydrogen) atoms. The van der Waals surface area contributed by atoms with Gasteiger partial charge in [-0.25, -0.2) is 0 Å². The van der Waals surface area contributed by atoms with Crippen molar-refractivity contribution in [3.05, 3.63) is 22.8 Å². The molecule has 2 amide bonds. The van der Waals surface area contributed by atoms with Gasteiger partial charge in [-0.15, -0.1) is 0 Å². The van der Waals surface area contributed by atoms with Crippen LogP contribution < -0.4 is 11.5 Å². The highest BCUT2D eigenvalue weighted by Crippen LogP contribution is 2.34. The second-order valence-electron chi connectivity index (χ2n) is 3.04. The average Bonchev–Trinajstić information content (AvgIpc) is 2.10. The van der Waals surface area contributed by atoms with Gasteiger partial charge in [-0.1, -0.05) is 0 Å². The van der Waals surface area contributed by atoms with E-state index >= 15 is 0 Å². The van der Waals surface area contributed by atoms with Crippen LogP contribution in [-0.4, -0.2) is 22.0 Å². The topological polar surface area (TPSA) is 127 Å². The molecule has 1 rings (SSSR count). The van der Waals surface area contributed by atoms with Crippen molar-refractivity contribution in [1.82, 2.24) is 0 Å². The number of carbonyl (C=O) groups excluding carboxylic acids is 2. The van der Waals surface area contributed by atoms with E-state index in [2.05, 4.69) is 0 Å². The van der Waals surface area contributed by atoms with E-state index in [0.29, 0.717) is 0 Å². The molecule has 0 fully saturated rings. The first-order valence-electron chi connectivity index (χ1n) is 4.01. The summed E-state index contributed by atoms with van der Waals surface area (Å²) in [4.78, 5) is 21.8. The maximum Gasteiger partial charge on any atom is 0.252 e. The van der Waals surface area contributed by atoms with Gasteiger partial charge in [-0.2, -0.15) is 0 Å². The summed E-state index contributed by atoms with van der Waals surface area (Å²) in [5.74, 6) is -3.25. The molecule has 0 aliphatic rings. The zero-order chi connectivity index (χ0) is 11.7. The number of primary amides is 2. The summed E-state index contributed by atoms with van der Waals surface area (Å²) >= 11 is 0. The van der Waals surface area contributed by atoms with Gasteiger partial charge in [0.05, 0.1) is 11.1 Å². The molecule has 0 saturated carbocycles. The van der Waals surface area contributed by atoms with Crippen molar-refractivity contribution >= 4 is 11.8 Å². The Labute approximate surface area is 85.1 Å². The highest BCUT2D eigenvalue weighted by molar-refractivity contribution is 6.02. The van der Waals surface area contributed by atoms with Gasteiger partial charge in [-0.05, 0) is 18.6 Å². The lowest BCUT2D eigenvalue weighted by atomic mass is 10.0. The first kappa shape index (κ1) is 10.8. The van der Waals surface area contributed by atoms with E-state index in [0.717, 1.165) is 0 Å². The monoisotopic (exact) mass is 210 g/mol. The molecule has 6 nitrogen and oxygen atoms in total. The third kappa shape index (κ3) is 1.69. The Morgan fingerprint density at radius 1 is 1.13 bits per heavy atom. The van der Waals surface area contributed by atoms with Crippen LogP contribution in [0.1, 0.15) is 26.3 Å². The number of carbonyl (C=O) groups is 2. The van der Waals surface area contributed by atoms with E-state index < -0.39 is 23.3 Å². The molecular formula is C9H10N2O4. The minimum Gasteiger partial charge on any atom is -0.504 e. The number of hydrogen-bond donors (Lipinski definition) is 4. The molecule has 0 spiro atoms. The van der Waals surface area contributed by atoms with Gasteiger partial charge in [0.15, 0.2) is 11.5 Å². The zero-order valence-corrected chi connectivity index (χ0v) is 7.94. The smallest absolute Gasteiger partial charge is 0.252 e. The SMILES string of the molecule is Cc1cc(C(N)=O)c(O)c(O)c1C(N)=O. The maximum atomic E-state index is 10.9. The lowest BCUT2D eigenvalue weighted by molar-refractivity contribution is 0.0982. The molecule has 6 heteroatoms. The summed E-state index contributed by atoms with van der Waals surface area (Å²) in [5, 5.41) is 18.8. The maximum absolute atomic E-state index is 10.9. The Bertz CT molecular complexity index is 454. The first-order chi connectivity index (χ1) is 6.86. The second-order valence-corrected chi connectivity index (χ2v) is 3.04. The molecule has 0 heterocycles. The van der Waals surface area contributed by atoms with E-state index in [1.165, 1.54) is 13.0 Å². The number of aryl methyl sites for hydroxylation is 1. The van der Waals surface area contributed by atoms with Crippen LogP contribution in [-0.2, 0) is 0 Å². The second kappa shape index (κ2) is 3.49. The van der Waals surface area contributed by atoms with Crippen molar-refractivity contribution in [2.24, 2.45) is 11.5 Å². The number of aromatic hydroxyl groups is 2. The van der Waals surface area contributed by atoms with Crippen LogP contribution in [0.5, 0.6) is 11.5 Å². The van der Waals surface area contributed by atoms with Crippen LogP contribution >= 0.6 is 0 Å². The third-order valence-electron chi connectivity index (χ3n) is 1.98. The molecule has 0 unspecified atom stereocenters. The van der Waals surface area contributed by atoms with Crippen LogP contribution in [0.25, 0.3) is 0 Å². The first-order valence-corrected chi connectivity index (χ1v) is 4.01. The molecule has 1 aromatic carbocycles. The van der Waals surface area contributed by atoms with Crippen LogP contribution in [0.15, 0.2) is 6.07 Å². The predicted molar refractivity (Wildman–Crippen MR) is 51.5 cm³/mol. The highest BCUT2D eigenvalue weighted by Gasteiger charge is 2.20. The summed E-state index contributed by atoms with van der Waals surface area (Å²) in [6.45, 7) is 1.46. The Kier molecular flexibility index (Phi) is 2.52. The summed E-state index contributed by atoms with van der Waals surface area (Å²) in [7, 11) is 0. The van der Waals surface area contributed by atoms with Gasteiger partial charge < -0.3 is 21.7 Å². The highest BCUT2D eigenvalue weighted by atomic mass is 16.3. The minimum absolute atomic E-state index is 0.225. The predicted octanol–water partition coefficient (Wildman–Crippen LogP) is -0.396. The largest absolute Gasteiger partial charge is 0.504 e. The molecule has 0 bridgehead atoms. The van der Waals surface area contributed by atoms with Gasteiger partial charge in [0.2, 0.25) is 0 Å². The summed E-state index contributed by atoms with van der Waals surface area (Å²) in [5.41, 5.74) is 9.73. The fraction of sp³-hybridized carbons (Fsp3) is 0.111. The van der Waals surface area contributed by atoms with Crippen LogP contribution in [0.3, 0.4) is 0 Å². The van der Waals surface area contributed by atoms with E-state index in [4.69, 9.17) is 11.5 Å². The van der Waals surface area contributed by atoms with E-state index in [1.54, 1.807) is 0 Å². The van der Waals surface area contributed by atoms with Gasteiger partial charge in [0.25, 0.3) is 11.8 Å². The quantitative estimate of drug-likeness (QED) is 0.495. The number of phenols is 2. The van der Waals surface area contributed by atoms with Crippen molar-refractivity contribution in [3.63, 3.8) is 0 Å². The van der Waals surface area contributed by atoms with Crippen molar-refractivity contribution in [1.29, 1.82) is 0 Å². The van der Waals surface area contributed by atoms with E-state index in [9.17, 15) is 19.8 Å². The molecule has 80 valence electrons. The summed E-state index contributed by atoms with van der Waals surface area (Å²) in [6.07, 6.45) is 0. The molecule has 6 N–H and O–H groups in total. The van der Waals surface area contributed by atoms with Crippen molar-refractivity contribution < 1.29 is 19.8 Å². The van der Waals surface area contributed by atoms with Gasteiger partial charge in [0.1, 0.15) is 0 Å². The Morgan fingerprint density at radius 3 is 2.07 bits per heavy atom. The molecule has 0 aromatic heterocycles. The van der Waals surface area contributed by atoms with Crippen LogP contribution in [0.2, 0.25) is 0 Å². The fourth-order valence-corrected chi connectivity index (χ4v) is 1.29. The molecule has 1 aromatic rings. The summed E-state index contributed by atoms with van der Waals surface area (Å²) < 4.78 is 0. The number of hydrogen-bond acceptors (Lipinski definition) is 4. The van der Waals surface area contributed by atoms with Crippen molar-refractivity contribution in [3.8, 4) is 11.5 Å². The Hall–Kier alpha value is -2.24. The fourth-order valence-electron chi connectivity index (χ4n) is 1.29.